The number of rotatable bonds is 6. The Balaban J connectivity index is 1.46. The van der Waals surface area contributed by atoms with Gasteiger partial charge in [0, 0.05) is 41.6 Å². The SMILES string of the molecule is COc1ccc(CN2CCCN(c3cccc(NC(=O)c4ccc(Cl)cc4)c3)C2=O)cc1. The highest BCUT2D eigenvalue weighted by Gasteiger charge is 2.27. The van der Waals surface area contributed by atoms with E-state index >= 15 is 0 Å². The third kappa shape index (κ3) is 5.03. The van der Waals surface area contributed by atoms with Crippen LogP contribution in [0.3, 0.4) is 0 Å². The summed E-state index contributed by atoms with van der Waals surface area (Å²) in [7, 11) is 1.63. The Kier molecular flexibility index (Phi) is 6.61. The van der Waals surface area contributed by atoms with Gasteiger partial charge in [-0.05, 0) is 66.6 Å². The fraction of sp³-hybridized carbons (Fsp3) is 0.200. The molecule has 0 atom stereocenters. The Morgan fingerprint density at radius 3 is 2.50 bits per heavy atom. The third-order valence-corrected chi connectivity index (χ3v) is 5.62. The summed E-state index contributed by atoms with van der Waals surface area (Å²) in [6.07, 6.45) is 0.864. The average molecular weight is 450 g/mol. The first-order valence-electron chi connectivity index (χ1n) is 10.4. The van der Waals surface area contributed by atoms with Gasteiger partial charge in [0.15, 0.2) is 0 Å². The Bertz CT molecular complexity index is 1100. The van der Waals surface area contributed by atoms with Crippen molar-refractivity contribution in [2.45, 2.75) is 13.0 Å². The predicted molar refractivity (Wildman–Crippen MR) is 127 cm³/mol. The molecule has 1 N–H and O–H groups in total. The molecule has 0 unspecified atom stereocenters. The topological polar surface area (TPSA) is 61.9 Å². The van der Waals surface area contributed by atoms with Crippen molar-refractivity contribution in [3.8, 4) is 5.75 Å². The molecule has 32 heavy (non-hydrogen) atoms. The summed E-state index contributed by atoms with van der Waals surface area (Å²) in [5, 5.41) is 3.46. The van der Waals surface area contributed by atoms with E-state index in [0.717, 1.165) is 23.4 Å². The number of methoxy groups -OCH3 is 1. The van der Waals surface area contributed by atoms with E-state index in [1.165, 1.54) is 0 Å². The minimum atomic E-state index is -0.232. The van der Waals surface area contributed by atoms with Crippen LogP contribution in [0.4, 0.5) is 16.2 Å². The van der Waals surface area contributed by atoms with Gasteiger partial charge in [-0.1, -0.05) is 29.8 Å². The summed E-state index contributed by atoms with van der Waals surface area (Å²) in [5.41, 5.74) is 2.94. The van der Waals surface area contributed by atoms with Gasteiger partial charge in [-0.15, -0.1) is 0 Å². The number of hydrogen-bond acceptors (Lipinski definition) is 3. The van der Waals surface area contributed by atoms with Gasteiger partial charge in [-0.2, -0.15) is 0 Å². The Hall–Kier alpha value is -3.51. The molecule has 1 aliphatic heterocycles. The number of halogens is 1. The van der Waals surface area contributed by atoms with Crippen molar-refractivity contribution in [2.24, 2.45) is 0 Å². The smallest absolute Gasteiger partial charge is 0.324 e. The van der Waals surface area contributed by atoms with Gasteiger partial charge in [-0.3, -0.25) is 9.69 Å². The molecule has 3 amide bonds. The van der Waals surface area contributed by atoms with Crippen molar-refractivity contribution in [2.75, 3.05) is 30.4 Å². The van der Waals surface area contributed by atoms with Crippen LogP contribution in [0.2, 0.25) is 5.02 Å². The van der Waals surface area contributed by atoms with E-state index in [0.29, 0.717) is 35.9 Å². The van der Waals surface area contributed by atoms with E-state index in [1.54, 1.807) is 42.3 Å². The number of carbonyl (C=O) groups excluding carboxylic acids is 2. The summed E-state index contributed by atoms with van der Waals surface area (Å²) in [5.74, 6) is 0.558. The van der Waals surface area contributed by atoms with Crippen molar-refractivity contribution >= 4 is 34.9 Å². The minimum absolute atomic E-state index is 0.0479. The Morgan fingerprint density at radius 2 is 1.78 bits per heavy atom. The highest BCUT2D eigenvalue weighted by Crippen LogP contribution is 2.25. The molecular formula is C25H24ClN3O3. The number of ether oxygens (including phenoxy) is 1. The lowest BCUT2D eigenvalue weighted by Crippen LogP contribution is -2.49. The lowest BCUT2D eigenvalue weighted by atomic mass is 10.1. The summed E-state index contributed by atoms with van der Waals surface area (Å²) >= 11 is 5.89. The molecule has 0 bridgehead atoms. The van der Waals surface area contributed by atoms with Crippen molar-refractivity contribution in [1.82, 2.24) is 4.90 Å². The van der Waals surface area contributed by atoms with Crippen LogP contribution in [-0.2, 0) is 6.54 Å². The second kappa shape index (κ2) is 9.75. The number of carbonyl (C=O) groups is 2. The molecule has 0 radical (unpaired) electrons. The number of amides is 3. The highest BCUT2D eigenvalue weighted by molar-refractivity contribution is 6.30. The maximum absolute atomic E-state index is 13.2. The molecule has 0 spiro atoms. The molecule has 0 aliphatic carbocycles. The van der Waals surface area contributed by atoms with Gasteiger partial charge in [0.1, 0.15) is 5.75 Å². The third-order valence-electron chi connectivity index (χ3n) is 5.37. The second-order valence-electron chi connectivity index (χ2n) is 7.57. The quantitative estimate of drug-likeness (QED) is 0.545. The van der Waals surface area contributed by atoms with Crippen LogP contribution < -0.4 is 15.0 Å². The highest BCUT2D eigenvalue weighted by atomic mass is 35.5. The Labute approximate surface area is 192 Å². The number of anilines is 2. The van der Waals surface area contributed by atoms with Gasteiger partial charge in [0.05, 0.1) is 7.11 Å². The van der Waals surface area contributed by atoms with Gasteiger partial charge in [-0.25, -0.2) is 4.79 Å². The number of urea groups is 1. The van der Waals surface area contributed by atoms with Gasteiger partial charge >= 0.3 is 6.03 Å². The van der Waals surface area contributed by atoms with Crippen molar-refractivity contribution in [3.63, 3.8) is 0 Å². The number of benzene rings is 3. The van der Waals surface area contributed by atoms with Crippen LogP contribution in [0.1, 0.15) is 22.3 Å². The molecule has 0 aromatic heterocycles. The first kappa shape index (κ1) is 21.7. The van der Waals surface area contributed by atoms with E-state index in [4.69, 9.17) is 16.3 Å². The maximum atomic E-state index is 13.2. The van der Waals surface area contributed by atoms with Crippen LogP contribution in [0.25, 0.3) is 0 Å². The molecule has 1 saturated heterocycles. The first-order valence-corrected chi connectivity index (χ1v) is 10.8. The van der Waals surface area contributed by atoms with Crippen LogP contribution >= 0.6 is 11.6 Å². The molecule has 3 aromatic rings. The van der Waals surface area contributed by atoms with E-state index in [1.807, 2.05) is 47.4 Å². The molecule has 1 fully saturated rings. The summed E-state index contributed by atoms with van der Waals surface area (Å²) in [6, 6.07) is 21.7. The van der Waals surface area contributed by atoms with Crippen molar-refractivity contribution < 1.29 is 14.3 Å². The predicted octanol–water partition coefficient (Wildman–Crippen LogP) is 5.43. The van der Waals surface area contributed by atoms with Crippen LogP contribution in [0.15, 0.2) is 72.8 Å². The van der Waals surface area contributed by atoms with Gasteiger partial charge < -0.3 is 15.0 Å². The molecule has 164 valence electrons. The molecule has 1 aliphatic rings. The monoisotopic (exact) mass is 449 g/mol. The zero-order valence-electron chi connectivity index (χ0n) is 17.8. The number of hydrogen-bond donors (Lipinski definition) is 1. The van der Waals surface area contributed by atoms with Crippen molar-refractivity contribution in [3.05, 3.63) is 88.9 Å². The zero-order chi connectivity index (χ0) is 22.5. The minimum Gasteiger partial charge on any atom is -0.497 e. The van der Waals surface area contributed by atoms with E-state index in [-0.39, 0.29) is 11.9 Å². The molecule has 7 heteroatoms. The van der Waals surface area contributed by atoms with Crippen LogP contribution in [0.5, 0.6) is 5.75 Å². The van der Waals surface area contributed by atoms with Gasteiger partial charge in [0.2, 0.25) is 0 Å². The number of nitrogens with zero attached hydrogens (tertiary/aromatic N) is 2. The lowest BCUT2D eigenvalue weighted by Gasteiger charge is -2.36. The average Bonchev–Trinajstić information content (AvgIpc) is 2.81. The standard InChI is InChI=1S/C25H24ClN3O3/c1-32-23-12-6-18(7-13-23)17-28-14-3-15-29(25(28)31)22-5-2-4-21(16-22)27-24(30)19-8-10-20(26)11-9-19/h2,4-13,16H,3,14-15,17H2,1H3,(H,27,30). The molecule has 3 aromatic carbocycles. The maximum Gasteiger partial charge on any atom is 0.324 e. The summed E-state index contributed by atoms with van der Waals surface area (Å²) in [6.45, 7) is 1.87. The molecular weight excluding hydrogens is 426 g/mol. The van der Waals surface area contributed by atoms with Crippen LogP contribution in [0, 0.1) is 0 Å². The molecule has 4 rings (SSSR count). The van der Waals surface area contributed by atoms with E-state index in [9.17, 15) is 9.59 Å². The largest absolute Gasteiger partial charge is 0.497 e. The van der Waals surface area contributed by atoms with Crippen molar-refractivity contribution in [1.29, 1.82) is 0 Å². The van der Waals surface area contributed by atoms with E-state index in [2.05, 4.69) is 5.32 Å². The lowest BCUT2D eigenvalue weighted by molar-refractivity contribution is 0.102. The number of nitrogens with one attached hydrogen (secondary N) is 1. The van der Waals surface area contributed by atoms with Gasteiger partial charge in [0.25, 0.3) is 5.91 Å². The second-order valence-corrected chi connectivity index (χ2v) is 8.01. The molecule has 0 saturated carbocycles. The van der Waals surface area contributed by atoms with E-state index < -0.39 is 0 Å². The molecule has 1 heterocycles. The summed E-state index contributed by atoms with van der Waals surface area (Å²) < 4.78 is 5.20. The normalized spacial score (nSPS) is 13.8. The first-order chi connectivity index (χ1) is 15.5. The van der Waals surface area contributed by atoms with Crippen LogP contribution in [-0.4, -0.2) is 37.0 Å². The molecule has 6 nitrogen and oxygen atoms in total. The zero-order valence-corrected chi connectivity index (χ0v) is 18.5. The fourth-order valence-electron chi connectivity index (χ4n) is 3.68. The fourth-order valence-corrected chi connectivity index (χ4v) is 3.80. The Morgan fingerprint density at radius 1 is 1.03 bits per heavy atom. The summed E-state index contributed by atoms with van der Waals surface area (Å²) in [4.78, 5) is 29.3.